The van der Waals surface area contributed by atoms with Crippen LogP contribution >= 0.6 is 11.3 Å². The van der Waals surface area contributed by atoms with Crippen LogP contribution in [0.1, 0.15) is 54.8 Å². The van der Waals surface area contributed by atoms with E-state index in [1.165, 1.54) is 31.2 Å². The predicted molar refractivity (Wildman–Crippen MR) is 62.2 cm³/mol. The average Bonchev–Trinajstić information content (AvgIpc) is 2.61. The highest BCUT2D eigenvalue weighted by Gasteiger charge is 2.03. The third-order valence-corrected chi connectivity index (χ3v) is 3.40. The van der Waals surface area contributed by atoms with Crippen molar-refractivity contribution in [2.75, 3.05) is 0 Å². The number of rotatable bonds is 6. The fraction of sp³-hybridized carbons (Fsp3) is 0.583. The molecule has 1 aromatic rings. The van der Waals surface area contributed by atoms with Gasteiger partial charge in [0.1, 0.15) is 0 Å². The molecule has 0 saturated heterocycles. The molecule has 0 aromatic carbocycles. The third-order valence-electron chi connectivity index (χ3n) is 2.32. The molecule has 0 N–H and O–H groups in total. The van der Waals surface area contributed by atoms with Gasteiger partial charge in [-0.15, -0.1) is 11.3 Å². The van der Waals surface area contributed by atoms with E-state index in [0.717, 1.165) is 11.3 Å². The molecule has 2 heteroatoms. The SMILES string of the molecule is CCCCCCc1csc(C(C)=O)c1. The molecule has 78 valence electrons. The highest BCUT2D eigenvalue weighted by atomic mass is 32.1. The summed E-state index contributed by atoms with van der Waals surface area (Å²) in [7, 11) is 0. The molecule has 0 amide bonds. The zero-order chi connectivity index (χ0) is 10.4. The van der Waals surface area contributed by atoms with Crippen molar-refractivity contribution in [1.29, 1.82) is 0 Å². The van der Waals surface area contributed by atoms with E-state index in [-0.39, 0.29) is 5.78 Å². The van der Waals surface area contributed by atoms with E-state index in [1.54, 1.807) is 18.3 Å². The Balaban J connectivity index is 2.33. The molecule has 1 heterocycles. The van der Waals surface area contributed by atoms with Gasteiger partial charge < -0.3 is 0 Å². The van der Waals surface area contributed by atoms with E-state index >= 15 is 0 Å². The van der Waals surface area contributed by atoms with Crippen molar-refractivity contribution in [2.24, 2.45) is 0 Å². The first-order chi connectivity index (χ1) is 6.74. The Kier molecular flexibility index (Phi) is 4.88. The van der Waals surface area contributed by atoms with E-state index in [9.17, 15) is 4.79 Å². The zero-order valence-corrected chi connectivity index (χ0v) is 9.82. The van der Waals surface area contributed by atoms with Crippen LogP contribution in [0.3, 0.4) is 0 Å². The van der Waals surface area contributed by atoms with E-state index in [0.29, 0.717) is 0 Å². The molecule has 1 aromatic heterocycles. The first-order valence-electron chi connectivity index (χ1n) is 5.32. The Hall–Kier alpha value is -0.630. The number of carbonyl (C=O) groups excluding carboxylic acids is 1. The summed E-state index contributed by atoms with van der Waals surface area (Å²) in [6, 6.07) is 2.04. The summed E-state index contributed by atoms with van der Waals surface area (Å²) >= 11 is 1.57. The maximum absolute atomic E-state index is 11.0. The summed E-state index contributed by atoms with van der Waals surface area (Å²) in [4.78, 5) is 11.9. The third kappa shape index (κ3) is 3.62. The number of hydrogen-bond donors (Lipinski definition) is 0. The summed E-state index contributed by atoms with van der Waals surface area (Å²) < 4.78 is 0. The van der Waals surface area contributed by atoms with Crippen molar-refractivity contribution < 1.29 is 4.79 Å². The van der Waals surface area contributed by atoms with Crippen molar-refractivity contribution in [3.8, 4) is 0 Å². The normalized spacial score (nSPS) is 10.4. The maximum atomic E-state index is 11.0. The molecule has 0 radical (unpaired) electrons. The van der Waals surface area contributed by atoms with Gasteiger partial charge in [0, 0.05) is 0 Å². The number of Topliss-reactive ketones (excluding diaryl/α,β-unsaturated/α-hetero) is 1. The number of thiophene rings is 1. The smallest absolute Gasteiger partial charge is 0.169 e. The van der Waals surface area contributed by atoms with Crippen LogP contribution in [0.25, 0.3) is 0 Å². The first-order valence-corrected chi connectivity index (χ1v) is 6.20. The van der Waals surface area contributed by atoms with Crippen LogP contribution in [0.2, 0.25) is 0 Å². The van der Waals surface area contributed by atoms with Gasteiger partial charge in [-0.05, 0) is 36.8 Å². The van der Waals surface area contributed by atoms with Gasteiger partial charge in [0.25, 0.3) is 0 Å². The van der Waals surface area contributed by atoms with Crippen LogP contribution in [-0.4, -0.2) is 5.78 Å². The molecule has 1 nitrogen and oxygen atoms in total. The Labute approximate surface area is 90.2 Å². The molecule has 1 rings (SSSR count). The number of unbranched alkanes of at least 4 members (excludes halogenated alkanes) is 3. The number of hydrogen-bond acceptors (Lipinski definition) is 2. The molecular weight excluding hydrogens is 192 g/mol. The summed E-state index contributed by atoms with van der Waals surface area (Å²) in [6.45, 7) is 3.85. The molecule has 0 aliphatic carbocycles. The second kappa shape index (κ2) is 5.97. The lowest BCUT2D eigenvalue weighted by Crippen LogP contribution is -1.86. The number of ketones is 1. The van der Waals surface area contributed by atoms with Gasteiger partial charge in [-0.1, -0.05) is 26.2 Å². The molecule has 0 bridgehead atoms. The number of aryl methyl sites for hydroxylation is 1. The van der Waals surface area contributed by atoms with Gasteiger partial charge >= 0.3 is 0 Å². The molecule has 0 saturated carbocycles. The van der Waals surface area contributed by atoms with Gasteiger partial charge in [0.15, 0.2) is 5.78 Å². The largest absolute Gasteiger partial charge is 0.294 e. The lowest BCUT2D eigenvalue weighted by molar-refractivity contribution is 0.102. The lowest BCUT2D eigenvalue weighted by atomic mass is 10.1. The van der Waals surface area contributed by atoms with E-state index < -0.39 is 0 Å². The molecule has 0 fully saturated rings. The van der Waals surface area contributed by atoms with Gasteiger partial charge in [0.2, 0.25) is 0 Å². The van der Waals surface area contributed by atoms with Gasteiger partial charge in [0.05, 0.1) is 4.88 Å². The van der Waals surface area contributed by atoms with Crippen molar-refractivity contribution in [1.82, 2.24) is 0 Å². The van der Waals surface area contributed by atoms with Crippen molar-refractivity contribution in [3.05, 3.63) is 21.9 Å². The minimum Gasteiger partial charge on any atom is -0.294 e. The van der Waals surface area contributed by atoms with Crippen LogP contribution < -0.4 is 0 Å². The van der Waals surface area contributed by atoms with Crippen LogP contribution in [0, 0.1) is 0 Å². The Morgan fingerprint density at radius 2 is 2.14 bits per heavy atom. The van der Waals surface area contributed by atoms with Crippen LogP contribution in [0.5, 0.6) is 0 Å². The standard InChI is InChI=1S/C12H18OS/c1-3-4-5-6-7-11-8-12(10(2)13)14-9-11/h8-9H,3-7H2,1-2H3. The molecule has 0 spiro atoms. The van der Waals surface area contributed by atoms with Crippen molar-refractivity contribution in [2.45, 2.75) is 46.0 Å². The second-order valence-electron chi connectivity index (χ2n) is 3.69. The Morgan fingerprint density at radius 1 is 1.36 bits per heavy atom. The molecule has 0 unspecified atom stereocenters. The van der Waals surface area contributed by atoms with Crippen LogP contribution in [0.15, 0.2) is 11.4 Å². The predicted octanol–water partition coefficient (Wildman–Crippen LogP) is 4.07. The highest BCUT2D eigenvalue weighted by molar-refractivity contribution is 7.12. The van der Waals surface area contributed by atoms with Crippen LogP contribution in [-0.2, 0) is 6.42 Å². The first kappa shape index (κ1) is 11.4. The van der Waals surface area contributed by atoms with Gasteiger partial charge in [-0.25, -0.2) is 0 Å². The van der Waals surface area contributed by atoms with E-state index in [4.69, 9.17) is 0 Å². The highest BCUT2D eigenvalue weighted by Crippen LogP contribution is 2.17. The molecule has 0 aliphatic rings. The topological polar surface area (TPSA) is 17.1 Å². The van der Waals surface area contributed by atoms with E-state index in [1.807, 2.05) is 6.07 Å². The molecule has 14 heavy (non-hydrogen) atoms. The quantitative estimate of drug-likeness (QED) is 0.511. The Bertz CT molecular complexity index is 288. The maximum Gasteiger partial charge on any atom is 0.169 e. The van der Waals surface area contributed by atoms with Crippen molar-refractivity contribution >= 4 is 17.1 Å². The monoisotopic (exact) mass is 210 g/mol. The fourth-order valence-electron chi connectivity index (χ4n) is 1.45. The Morgan fingerprint density at radius 3 is 2.71 bits per heavy atom. The molecule has 0 aliphatic heterocycles. The number of carbonyl (C=O) groups is 1. The lowest BCUT2D eigenvalue weighted by Gasteiger charge is -1.96. The summed E-state index contributed by atoms with van der Waals surface area (Å²) in [5.41, 5.74) is 1.33. The van der Waals surface area contributed by atoms with Crippen molar-refractivity contribution in [3.63, 3.8) is 0 Å². The molecular formula is C12H18OS. The van der Waals surface area contributed by atoms with Gasteiger partial charge in [-0.3, -0.25) is 4.79 Å². The van der Waals surface area contributed by atoms with E-state index in [2.05, 4.69) is 12.3 Å². The summed E-state index contributed by atoms with van der Waals surface area (Å²) in [5, 5.41) is 2.11. The second-order valence-corrected chi connectivity index (χ2v) is 4.60. The summed E-state index contributed by atoms with van der Waals surface area (Å²) in [6.07, 6.45) is 6.29. The fourth-order valence-corrected chi connectivity index (χ4v) is 2.30. The van der Waals surface area contributed by atoms with Crippen LogP contribution in [0.4, 0.5) is 0 Å². The molecule has 0 atom stereocenters. The summed E-state index contributed by atoms with van der Waals surface area (Å²) in [5.74, 6) is 0.190. The zero-order valence-electron chi connectivity index (χ0n) is 9.01. The minimum atomic E-state index is 0.190. The average molecular weight is 210 g/mol. The minimum absolute atomic E-state index is 0.190. The van der Waals surface area contributed by atoms with Gasteiger partial charge in [-0.2, -0.15) is 0 Å².